The van der Waals surface area contributed by atoms with Crippen molar-refractivity contribution in [2.24, 2.45) is 5.92 Å². The summed E-state index contributed by atoms with van der Waals surface area (Å²) in [5, 5.41) is 12.9. The van der Waals surface area contributed by atoms with Crippen LogP contribution in [0, 0.1) is 12.8 Å². The third kappa shape index (κ3) is 6.85. The normalized spacial score (nSPS) is 15.7. The summed E-state index contributed by atoms with van der Waals surface area (Å²) in [7, 11) is -3.30. The highest BCUT2D eigenvalue weighted by Crippen LogP contribution is 2.25. The van der Waals surface area contributed by atoms with Gasteiger partial charge >= 0.3 is 0 Å². The number of nitrogens with one attached hydrogen (secondary N) is 2. The van der Waals surface area contributed by atoms with Gasteiger partial charge in [-0.3, -0.25) is 19.8 Å². The standard InChI is InChI=1S/C27H32N4O6S/c1-18-15-21(23-5-3-4-6-24(23)28-18)17-37-22-9-7-20(8-10-22)27(33)29-25(16-26(32)30-34)19-11-13-31(14-12-19)38(2,35)36/h3-10,15,19,25,34H,11-14,16-17H2,1-2H3,(H,29,33)(H,30,32). The maximum absolute atomic E-state index is 13.0. The summed E-state index contributed by atoms with van der Waals surface area (Å²) in [6.07, 6.45) is 2.03. The first-order chi connectivity index (χ1) is 18.1. The number of sulfonamides is 1. The summed E-state index contributed by atoms with van der Waals surface area (Å²) in [4.78, 5) is 29.5. The van der Waals surface area contributed by atoms with Gasteiger partial charge in [-0.15, -0.1) is 0 Å². The van der Waals surface area contributed by atoms with E-state index in [4.69, 9.17) is 9.94 Å². The molecule has 0 radical (unpaired) electrons. The number of hydrogen-bond acceptors (Lipinski definition) is 7. The number of piperidine rings is 1. The van der Waals surface area contributed by atoms with E-state index < -0.39 is 22.0 Å². The number of carbonyl (C=O) groups excluding carboxylic acids is 2. The molecule has 4 rings (SSSR count). The lowest BCUT2D eigenvalue weighted by Crippen LogP contribution is -2.48. The van der Waals surface area contributed by atoms with Gasteiger partial charge in [0.1, 0.15) is 12.4 Å². The lowest BCUT2D eigenvalue weighted by Gasteiger charge is -2.35. The molecule has 0 bridgehead atoms. The quantitative estimate of drug-likeness (QED) is 0.280. The fraction of sp³-hybridized carbons (Fsp3) is 0.370. The second kappa shape index (κ2) is 11.9. The molecule has 1 unspecified atom stereocenters. The molecule has 1 atom stereocenters. The highest BCUT2D eigenvalue weighted by atomic mass is 32.2. The van der Waals surface area contributed by atoms with Crippen molar-refractivity contribution < 1.29 is 28.0 Å². The fourth-order valence-corrected chi connectivity index (χ4v) is 5.69. The van der Waals surface area contributed by atoms with E-state index in [1.165, 1.54) is 10.6 Å². The van der Waals surface area contributed by atoms with Crippen LogP contribution >= 0.6 is 0 Å². The molecule has 3 N–H and O–H groups in total. The Bertz CT molecular complexity index is 1400. The highest BCUT2D eigenvalue weighted by Gasteiger charge is 2.32. The fourth-order valence-electron chi connectivity index (χ4n) is 4.82. The van der Waals surface area contributed by atoms with Crippen LogP contribution in [0.15, 0.2) is 54.6 Å². The number of carbonyl (C=O) groups is 2. The van der Waals surface area contributed by atoms with Crippen LogP contribution in [-0.4, -0.2) is 60.1 Å². The molecule has 2 aromatic carbocycles. The van der Waals surface area contributed by atoms with Gasteiger partial charge < -0.3 is 10.1 Å². The zero-order chi connectivity index (χ0) is 27.3. The molecule has 38 heavy (non-hydrogen) atoms. The number of hydrogen-bond donors (Lipinski definition) is 3. The van der Waals surface area contributed by atoms with E-state index in [1.54, 1.807) is 29.7 Å². The van der Waals surface area contributed by atoms with Crippen LogP contribution in [0.5, 0.6) is 5.75 Å². The molecule has 202 valence electrons. The van der Waals surface area contributed by atoms with E-state index >= 15 is 0 Å². The minimum atomic E-state index is -3.30. The predicted octanol–water partition coefficient (Wildman–Crippen LogP) is 2.79. The molecule has 3 aromatic rings. The van der Waals surface area contributed by atoms with E-state index in [9.17, 15) is 18.0 Å². The molecule has 10 nitrogen and oxygen atoms in total. The first-order valence-corrected chi connectivity index (χ1v) is 14.3. The summed E-state index contributed by atoms with van der Waals surface area (Å²) in [5.74, 6) is -0.503. The van der Waals surface area contributed by atoms with Crippen LogP contribution in [0.1, 0.15) is 40.9 Å². The summed E-state index contributed by atoms with van der Waals surface area (Å²) >= 11 is 0. The molecule has 0 spiro atoms. The van der Waals surface area contributed by atoms with Crippen molar-refractivity contribution >= 4 is 32.7 Å². The number of ether oxygens (including phenoxy) is 1. The maximum Gasteiger partial charge on any atom is 0.251 e. The zero-order valence-electron chi connectivity index (χ0n) is 21.4. The van der Waals surface area contributed by atoms with Gasteiger partial charge in [-0.05, 0) is 62.1 Å². The van der Waals surface area contributed by atoms with E-state index in [0.717, 1.165) is 22.2 Å². The Morgan fingerprint density at radius 3 is 2.47 bits per heavy atom. The van der Waals surface area contributed by atoms with Crippen LogP contribution in [0.25, 0.3) is 10.9 Å². The molecule has 1 saturated heterocycles. The Kier molecular flexibility index (Phi) is 8.60. The number of fused-ring (bicyclic) bond motifs is 1. The summed E-state index contributed by atoms with van der Waals surface area (Å²) in [6.45, 7) is 2.92. The monoisotopic (exact) mass is 540 g/mol. The largest absolute Gasteiger partial charge is 0.489 e. The molecular formula is C27H32N4O6S. The topological polar surface area (TPSA) is 138 Å². The number of benzene rings is 2. The van der Waals surface area contributed by atoms with Gasteiger partial charge in [-0.2, -0.15) is 0 Å². The van der Waals surface area contributed by atoms with Crippen molar-refractivity contribution in [3.63, 3.8) is 0 Å². The van der Waals surface area contributed by atoms with E-state index in [0.29, 0.717) is 43.9 Å². The summed E-state index contributed by atoms with van der Waals surface area (Å²) < 4.78 is 31.0. The molecule has 0 aliphatic carbocycles. The number of hydroxylamine groups is 1. The van der Waals surface area contributed by atoms with Gasteiger partial charge in [0.05, 0.1) is 11.8 Å². The molecule has 1 aromatic heterocycles. The second-order valence-corrected chi connectivity index (χ2v) is 11.6. The summed E-state index contributed by atoms with van der Waals surface area (Å²) in [5.41, 5.74) is 4.83. The van der Waals surface area contributed by atoms with Crippen LogP contribution < -0.4 is 15.5 Å². The molecule has 0 saturated carbocycles. The molecule has 1 aliphatic rings. The van der Waals surface area contributed by atoms with Crippen molar-refractivity contribution in [2.45, 2.75) is 38.8 Å². The Morgan fingerprint density at radius 2 is 1.82 bits per heavy atom. The lowest BCUT2D eigenvalue weighted by molar-refractivity contribution is -0.130. The first kappa shape index (κ1) is 27.5. The van der Waals surface area contributed by atoms with Gasteiger partial charge in [0, 0.05) is 47.8 Å². The average Bonchev–Trinajstić information content (AvgIpc) is 2.91. The Balaban J connectivity index is 1.40. The van der Waals surface area contributed by atoms with E-state index in [2.05, 4.69) is 10.3 Å². The molecule has 2 amide bonds. The third-order valence-electron chi connectivity index (χ3n) is 6.82. The Labute approximate surface area is 222 Å². The first-order valence-electron chi connectivity index (χ1n) is 12.4. The Morgan fingerprint density at radius 1 is 1.13 bits per heavy atom. The van der Waals surface area contributed by atoms with E-state index in [-0.39, 0.29) is 18.2 Å². The molecule has 1 aliphatic heterocycles. The number of nitrogens with zero attached hydrogens (tertiary/aromatic N) is 2. The van der Waals surface area contributed by atoms with Crippen LogP contribution in [-0.2, 0) is 21.4 Å². The van der Waals surface area contributed by atoms with Gasteiger partial charge in [0.15, 0.2) is 0 Å². The highest BCUT2D eigenvalue weighted by molar-refractivity contribution is 7.88. The van der Waals surface area contributed by atoms with Crippen molar-refractivity contribution in [3.05, 3.63) is 71.4 Å². The molecular weight excluding hydrogens is 508 g/mol. The zero-order valence-corrected chi connectivity index (χ0v) is 22.2. The average molecular weight is 541 g/mol. The van der Waals surface area contributed by atoms with Gasteiger partial charge in [-0.25, -0.2) is 18.2 Å². The van der Waals surface area contributed by atoms with Gasteiger partial charge in [0.2, 0.25) is 15.9 Å². The lowest BCUT2D eigenvalue weighted by atomic mass is 9.88. The van der Waals surface area contributed by atoms with Crippen molar-refractivity contribution in [3.8, 4) is 5.75 Å². The predicted molar refractivity (Wildman–Crippen MR) is 142 cm³/mol. The van der Waals surface area contributed by atoms with Crippen molar-refractivity contribution in [1.29, 1.82) is 0 Å². The van der Waals surface area contributed by atoms with Crippen LogP contribution in [0.2, 0.25) is 0 Å². The van der Waals surface area contributed by atoms with Gasteiger partial charge in [0.25, 0.3) is 5.91 Å². The molecule has 1 fully saturated rings. The second-order valence-electron chi connectivity index (χ2n) is 9.57. The maximum atomic E-state index is 13.0. The number of para-hydroxylation sites is 1. The molecule has 11 heteroatoms. The third-order valence-corrected chi connectivity index (χ3v) is 8.13. The number of pyridine rings is 1. The Hall–Kier alpha value is -3.54. The minimum absolute atomic E-state index is 0.115. The number of rotatable bonds is 9. The van der Waals surface area contributed by atoms with Crippen LogP contribution in [0.3, 0.4) is 0 Å². The molecule has 2 heterocycles. The van der Waals surface area contributed by atoms with Gasteiger partial charge in [-0.1, -0.05) is 18.2 Å². The van der Waals surface area contributed by atoms with Crippen molar-refractivity contribution in [2.75, 3.05) is 19.3 Å². The SMILES string of the molecule is Cc1cc(COc2ccc(C(=O)NC(CC(=O)NO)C3CCN(S(C)(=O)=O)CC3)cc2)c2ccccc2n1. The summed E-state index contributed by atoms with van der Waals surface area (Å²) in [6, 6.07) is 16.0. The number of amides is 2. The van der Waals surface area contributed by atoms with E-state index in [1.807, 2.05) is 37.3 Å². The number of aryl methyl sites for hydroxylation is 1. The van der Waals surface area contributed by atoms with Crippen molar-refractivity contribution in [1.82, 2.24) is 20.1 Å². The van der Waals surface area contributed by atoms with Crippen LogP contribution in [0.4, 0.5) is 0 Å². The number of aromatic nitrogens is 1. The smallest absolute Gasteiger partial charge is 0.251 e. The minimum Gasteiger partial charge on any atom is -0.489 e.